The van der Waals surface area contributed by atoms with E-state index in [2.05, 4.69) is 12.2 Å². The normalized spacial score (nSPS) is 22.2. The second-order valence-electron chi connectivity index (χ2n) is 4.17. The van der Waals surface area contributed by atoms with Crippen LogP contribution in [0.25, 0.3) is 0 Å². The molecule has 1 unspecified atom stereocenters. The molecule has 0 spiro atoms. The molecule has 0 aromatic carbocycles. The van der Waals surface area contributed by atoms with Gasteiger partial charge in [0, 0.05) is 6.42 Å². The fraction of sp³-hybridized carbons (Fsp3) is 0.818. The lowest BCUT2D eigenvalue weighted by molar-refractivity contribution is -0.124. The number of nitrogens with two attached hydrogens (primary N) is 1. The van der Waals surface area contributed by atoms with Crippen LogP contribution in [-0.2, 0) is 9.59 Å². The van der Waals surface area contributed by atoms with Crippen molar-refractivity contribution in [3.8, 4) is 0 Å². The Morgan fingerprint density at radius 3 is 2.75 bits per heavy atom. The van der Waals surface area contributed by atoms with E-state index in [0.29, 0.717) is 18.9 Å². The fourth-order valence-electron chi connectivity index (χ4n) is 1.87. The second kappa shape index (κ2) is 6.91. The Morgan fingerprint density at radius 1 is 1.50 bits per heavy atom. The third-order valence-corrected chi connectivity index (χ3v) is 4.18. The number of amides is 2. The predicted octanol–water partition coefficient (Wildman–Crippen LogP) is 0.900. The van der Waals surface area contributed by atoms with Gasteiger partial charge >= 0.3 is 0 Å². The van der Waals surface area contributed by atoms with Crippen LogP contribution in [-0.4, -0.2) is 29.4 Å². The summed E-state index contributed by atoms with van der Waals surface area (Å²) in [5.41, 5.74) is 5.55. The van der Waals surface area contributed by atoms with Crippen LogP contribution in [0.1, 0.15) is 32.6 Å². The summed E-state index contributed by atoms with van der Waals surface area (Å²) in [6.07, 6.45) is 3.63. The first-order chi connectivity index (χ1) is 7.67. The van der Waals surface area contributed by atoms with Crippen LogP contribution in [0, 0.1) is 5.92 Å². The average molecular weight is 244 g/mol. The molecule has 0 aromatic heterocycles. The van der Waals surface area contributed by atoms with Gasteiger partial charge in [0.15, 0.2) is 0 Å². The number of carbonyl (C=O) groups is 2. The molecule has 0 aliphatic carbocycles. The van der Waals surface area contributed by atoms with Gasteiger partial charge in [-0.3, -0.25) is 14.9 Å². The molecule has 4 nitrogen and oxygen atoms in total. The molecule has 2 atom stereocenters. The predicted molar refractivity (Wildman–Crippen MR) is 66.1 cm³/mol. The maximum atomic E-state index is 11.3. The zero-order valence-electron chi connectivity index (χ0n) is 9.70. The summed E-state index contributed by atoms with van der Waals surface area (Å²) < 4.78 is 0. The van der Waals surface area contributed by atoms with Gasteiger partial charge in [0.2, 0.25) is 11.8 Å². The first kappa shape index (κ1) is 13.5. The van der Waals surface area contributed by atoms with Gasteiger partial charge < -0.3 is 5.73 Å². The van der Waals surface area contributed by atoms with Crippen LogP contribution in [0.15, 0.2) is 0 Å². The van der Waals surface area contributed by atoms with E-state index < -0.39 is 0 Å². The lowest BCUT2D eigenvalue weighted by Crippen LogP contribution is -2.24. The van der Waals surface area contributed by atoms with Crippen molar-refractivity contribution < 1.29 is 9.59 Å². The quantitative estimate of drug-likeness (QED) is 0.653. The average Bonchev–Trinajstić information content (AvgIpc) is 2.54. The van der Waals surface area contributed by atoms with E-state index in [1.165, 1.54) is 0 Å². The van der Waals surface area contributed by atoms with Crippen LogP contribution in [0.2, 0.25) is 0 Å². The van der Waals surface area contributed by atoms with Crippen molar-refractivity contribution in [2.75, 3.05) is 12.3 Å². The van der Waals surface area contributed by atoms with Crippen molar-refractivity contribution in [1.82, 2.24) is 5.32 Å². The Kier molecular flexibility index (Phi) is 5.84. The highest BCUT2D eigenvalue weighted by Gasteiger charge is 2.31. The number of carbonyl (C=O) groups excluding carboxylic acids is 2. The minimum absolute atomic E-state index is 0.127. The van der Waals surface area contributed by atoms with Gasteiger partial charge in [-0.15, -0.1) is 11.8 Å². The van der Waals surface area contributed by atoms with Gasteiger partial charge in [0.25, 0.3) is 0 Å². The van der Waals surface area contributed by atoms with Gasteiger partial charge in [0.05, 0.1) is 5.25 Å². The van der Waals surface area contributed by atoms with Gasteiger partial charge in [-0.2, -0.15) is 0 Å². The Hall–Kier alpha value is -0.550. The third kappa shape index (κ3) is 4.14. The van der Waals surface area contributed by atoms with Crippen molar-refractivity contribution >= 4 is 23.6 Å². The zero-order valence-corrected chi connectivity index (χ0v) is 10.5. The van der Waals surface area contributed by atoms with Crippen molar-refractivity contribution in [2.45, 2.75) is 37.9 Å². The smallest absolute Gasteiger partial charge is 0.240 e. The van der Waals surface area contributed by atoms with Crippen LogP contribution in [0.3, 0.4) is 0 Å². The van der Waals surface area contributed by atoms with E-state index in [1.54, 1.807) is 11.8 Å². The van der Waals surface area contributed by atoms with Crippen molar-refractivity contribution in [3.63, 3.8) is 0 Å². The van der Waals surface area contributed by atoms with Gasteiger partial charge in [-0.25, -0.2) is 0 Å². The Labute approximate surface area is 101 Å². The number of nitrogens with one attached hydrogen (secondary N) is 1. The summed E-state index contributed by atoms with van der Waals surface area (Å²) in [6.45, 7) is 2.85. The Morgan fingerprint density at radius 2 is 2.25 bits per heavy atom. The number of hydrogen-bond donors (Lipinski definition) is 2. The topological polar surface area (TPSA) is 72.2 Å². The van der Waals surface area contributed by atoms with E-state index in [1.807, 2.05) is 0 Å². The molecule has 0 aromatic rings. The third-order valence-electron chi connectivity index (χ3n) is 2.73. The second-order valence-corrected chi connectivity index (χ2v) is 5.41. The lowest BCUT2D eigenvalue weighted by Gasteiger charge is -2.15. The van der Waals surface area contributed by atoms with Gasteiger partial charge in [-0.1, -0.05) is 13.3 Å². The standard InChI is InChI=1S/C11H20N2O2S/c1-2-3-8(4-5-12)7-16-9-6-10(14)13-11(9)15/h8-9H,2-7,12H2,1H3,(H,13,14,15)/t8-,9?/m1/s1. The minimum atomic E-state index is -0.176. The monoisotopic (exact) mass is 244 g/mol. The highest BCUT2D eigenvalue weighted by Crippen LogP contribution is 2.25. The maximum absolute atomic E-state index is 11.3. The molecule has 1 saturated heterocycles. The van der Waals surface area contributed by atoms with Crippen molar-refractivity contribution in [3.05, 3.63) is 0 Å². The Balaban J connectivity index is 2.31. The molecule has 3 N–H and O–H groups in total. The summed E-state index contributed by atoms with van der Waals surface area (Å²) in [6, 6.07) is 0. The summed E-state index contributed by atoms with van der Waals surface area (Å²) in [5, 5.41) is 2.15. The van der Waals surface area contributed by atoms with E-state index in [9.17, 15) is 9.59 Å². The molecular formula is C11H20N2O2S. The molecular weight excluding hydrogens is 224 g/mol. The van der Waals surface area contributed by atoms with Crippen molar-refractivity contribution in [1.29, 1.82) is 0 Å². The van der Waals surface area contributed by atoms with Gasteiger partial charge in [0.1, 0.15) is 0 Å². The molecule has 1 rings (SSSR count). The molecule has 1 aliphatic rings. The van der Waals surface area contributed by atoms with E-state index >= 15 is 0 Å². The molecule has 92 valence electrons. The van der Waals surface area contributed by atoms with E-state index in [4.69, 9.17) is 5.73 Å². The number of hydrogen-bond acceptors (Lipinski definition) is 4. The summed E-state index contributed by atoms with van der Waals surface area (Å²) in [4.78, 5) is 22.3. The number of thioether (sulfide) groups is 1. The minimum Gasteiger partial charge on any atom is -0.330 e. The zero-order chi connectivity index (χ0) is 12.0. The van der Waals surface area contributed by atoms with Crippen molar-refractivity contribution in [2.24, 2.45) is 11.7 Å². The molecule has 0 radical (unpaired) electrons. The number of rotatable bonds is 7. The summed E-state index contributed by atoms with van der Waals surface area (Å²) in [5.74, 6) is 1.23. The first-order valence-electron chi connectivity index (χ1n) is 5.82. The molecule has 16 heavy (non-hydrogen) atoms. The van der Waals surface area contributed by atoms with Crippen LogP contribution in [0.4, 0.5) is 0 Å². The van der Waals surface area contributed by atoms with E-state index in [-0.39, 0.29) is 17.1 Å². The first-order valence-corrected chi connectivity index (χ1v) is 6.87. The molecule has 1 aliphatic heterocycles. The molecule has 1 heterocycles. The van der Waals surface area contributed by atoms with E-state index in [0.717, 1.165) is 25.0 Å². The Bertz CT molecular complexity index is 252. The fourth-order valence-corrected chi connectivity index (χ4v) is 3.19. The summed E-state index contributed by atoms with van der Waals surface area (Å²) in [7, 11) is 0. The molecule has 0 bridgehead atoms. The highest BCUT2D eigenvalue weighted by molar-refractivity contribution is 8.00. The molecule has 0 saturated carbocycles. The highest BCUT2D eigenvalue weighted by atomic mass is 32.2. The van der Waals surface area contributed by atoms with Crippen LogP contribution in [0.5, 0.6) is 0 Å². The van der Waals surface area contributed by atoms with Gasteiger partial charge in [-0.05, 0) is 31.1 Å². The molecule has 1 fully saturated rings. The molecule has 5 heteroatoms. The maximum Gasteiger partial charge on any atom is 0.240 e. The van der Waals surface area contributed by atoms with Crippen LogP contribution < -0.4 is 11.1 Å². The summed E-state index contributed by atoms with van der Waals surface area (Å²) >= 11 is 1.60. The SMILES string of the molecule is CCC[C@H](CCN)CSC1CC(=O)NC1=O. The molecule has 2 amide bonds. The number of imide groups is 1. The largest absolute Gasteiger partial charge is 0.330 e. The van der Waals surface area contributed by atoms with Crippen LogP contribution >= 0.6 is 11.8 Å². The lowest BCUT2D eigenvalue weighted by atomic mass is 10.0.